The standard InChI is InChI=1S/C42H29NO/c1-26-9-6-12-29(23-26)43(30-20-19-27-10-2-3-11-28(27)24-30)31-21-22-33-32-13-4-5-14-34(32)42(37(33)25-31)35-15-7-17-38-40(35)41-36(42)16-8-18-39(41)44-38/h2-22,24-26H,23H2,1H3. The van der Waals surface area contributed by atoms with Crippen LogP contribution in [-0.2, 0) is 5.41 Å². The van der Waals surface area contributed by atoms with Gasteiger partial charge in [-0.2, -0.15) is 0 Å². The predicted molar refractivity (Wildman–Crippen MR) is 182 cm³/mol. The van der Waals surface area contributed by atoms with Crippen molar-refractivity contribution in [1.29, 1.82) is 0 Å². The number of hydrogen-bond donors (Lipinski definition) is 0. The highest BCUT2D eigenvalue weighted by atomic mass is 16.3. The van der Waals surface area contributed by atoms with Gasteiger partial charge >= 0.3 is 0 Å². The molecule has 1 atom stereocenters. The minimum absolute atomic E-state index is 0.397. The number of anilines is 2. The van der Waals surface area contributed by atoms with E-state index in [1.54, 1.807) is 0 Å². The normalized spacial score (nSPS) is 17.1. The molecule has 1 spiro atoms. The second-order valence-electron chi connectivity index (χ2n) is 12.6. The van der Waals surface area contributed by atoms with E-state index in [9.17, 15) is 0 Å². The molecule has 208 valence electrons. The maximum Gasteiger partial charge on any atom is 0.135 e. The first kappa shape index (κ1) is 24.1. The first-order chi connectivity index (χ1) is 21.7. The van der Waals surface area contributed by atoms with Gasteiger partial charge in [0.05, 0.1) is 5.41 Å². The molecule has 3 aliphatic rings. The number of allylic oxidation sites excluding steroid dienone is 4. The molecule has 3 aliphatic carbocycles. The molecule has 7 aromatic rings. The number of fused-ring (bicyclic) bond motifs is 8. The van der Waals surface area contributed by atoms with Crippen molar-refractivity contribution in [3.63, 3.8) is 0 Å². The van der Waals surface area contributed by atoms with Gasteiger partial charge in [-0.25, -0.2) is 0 Å². The summed E-state index contributed by atoms with van der Waals surface area (Å²) in [6.07, 6.45) is 7.81. The van der Waals surface area contributed by atoms with Gasteiger partial charge in [-0.3, -0.25) is 0 Å². The van der Waals surface area contributed by atoms with Gasteiger partial charge in [0.25, 0.3) is 0 Å². The van der Waals surface area contributed by atoms with Crippen LogP contribution in [0.25, 0.3) is 43.8 Å². The summed E-state index contributed by atoms with van der Waals surface area (Å²) in [5.41, 5.74) is 13.2. The van der Waals surface area contributed by atoms with Gasteiger partial charge in [0.1, 0.15) is 11.2 Å². The van der Waals surface area contributed by atoms with E-state index >= 15 is 0 Å². The number of rotatable bonds is 3. The average molecular weight is 564 g/mol. The zero-order chi connectivity index (χ0) is 29.0. The van der Waals surface area contributed by atoms with Crippen molar-refractivity contribution < 1.29 is 4.42 Å². The maximum absolute atomic E-state index is 6.37. The Labute approximate surface area is 256 Å². The number of furan rings is 1. The van der Waals surface area contributed by atoms with Gasteiger partial charge in [0, 0.05) is 27.8 Å². The summed E-state index contributed by atoms with van der Waals surface area (Å²) in [5, 5.41) is 5.02. The van der Waals surface area contributed by atoms with Crippen LogP contribution >= 0.6 is 0 Å². The van der Waals surface area contributed by atoms with Gasteiger partial charge < -0.3 is 9.32 Å². The third-order valence-corrected chi connectivity index (χ3v) is 10.2. The Hall–Kier alpha value is -5.34. The van der Waals surface area contributed by atoms with E-state index in [0.717, 1.165) is 17.6 Å². The molecule has 0 saturated heterocycles. The molecule has 0 bridgehead atoms. The maximum atomic E-state index is 6.37. The molecule has 0 radical (unpaired) electrons. The average Bonchev–Trinajstić information content (AvgIpc) is 3.70. The van der Waals surface area contributed by atoms with Crippen LogP contribution in [0.3, 0.4) is 0 Å². The summed E-state index contributed by atoms with van der Waals surface area (Å²) >= 11 is 0. The van der Waals surface area contributed by atoms with Crippen molar-refractivity contribution in [3.05, 3.63) is 168 Å². The first-order valence-electron chi connectivity index (χ1n) is 15.6. The molecular formula is C42H29NO. The van der Waals surface area contributed by atoms with Crippen molar-refractivity contribution in [2.45, 2.75) is 18.8 Å². The Morgan fingerprint density at radius 1 is 0.614 bits per heavy atom. The van der Waals surface area contributed by atoms with Crippen molar-refractivity contribution in [1.82, 2.24) is 0 Å². The van der Waals surface area contributed by atoms with Gasteiger partial charge in [0.2, 0.25) is 0 Å². The molecule has 0 N–H and O–H groups in total. The lowest BCUT2D eigenvalue weighted by Gasteiger charge is -2.34. The van der Waals surface area contributed by atoms with Crippen molar-refractivity contribution in [2.75, 3.05) is 4.90 Å². The molecule has 2 nitrogen and oxygen atoms in total. The summed E-state index contributed by atoms with van der Waals surface area (Å²) in [6, 6.07) is 44.9. The summed E-state index contributed by atoms with van der Waals surface area (Å²) in [6.45, 7) is 2.30. The summed E-state index contributed by atoms with van der Waals surface area (Å²) in [7, 11) is 0. The molecule has 1 heterocycles. The van der Waals surface area contributed by atoms with Gasteiger partial charge in [-0.15, -0.1) is 0 Å². The Bertz CT molecular complexity index is 2350. The number of hydrogen-bond acceptors (Lipinski definition) is 2. The second kappa shape index (κ2) is 8.61. The van der Waals surface area contributed by atoms with Crippen LogP contribution in [-0.4, -0.2) is 0 Å². The van der Waals surface area contributed by atoms with Crippen molar-refractivity contribution in [2.24, 2.45) is 5.92 Å². The monoisotopic (exact) mass is 563 g/mol. The predicted octanol–water partition coefficient (Wildman–Crippen LogP) is 11.0. The number of nitrogens with zero attached hydrogens (tertiary/aromatic N) is 1. The van der Waals surface area contributed by atoms with E-state index in [4.69, 9.17) is 4.42 Å². The highest BCUT2D eigenvalue weighted by Gasteiger charge is 2.51. The molecule has 10 rings (SSSR count). The van der Waals surface area contributed by atoms with E-state index in [2.05, 4.69) is 151 Å². The zero-order valence-electron chi connectivity index (χ0n) is 24.4. The van der Waals surface area contributed by atoms with E-state index in [1.165, 1.54) is 72.0 Å². The van der Waals surface area contributed by atoms with Crippen molar-refractivity contribution >= 4 is 44.1 Å². The second-order valence-corrected chi connectivity index (χ2v) is 12.6. The third kappa shape index (κ3) is 3.00. The summed E-state index contributed by atoms with van der Waals surface area (Å²) in [4.78, 5) is 2.49. The highest BCUT2D eigenvalue weighted by Crippen LogP contribution is 2.63. The van der Waals surface area contributed by atoms with Crippen LogP contribution < -0.4 is 4.90 Å². The third-order valence-electron chi connectivity index (χ3n) is 10.2. The molecule has 0 fully saturated rings. The molecule has 1 unspecified atom stereocenters. The molecule has 1 aromatic heterocycles. The smallest absolute Gasteiger partial charge is 0.135 e. The van der Waals surface area contributed by atoms with Crippen LogP contribution in [0.15, 0.2) is 150 Å². The van der Waals surface area contributed by atoms with E-state index in [-0.39, 0.29) is 0 Å². The van der Waals surface area contributed by atoms with Crippen LogP contribution in [0.1, 0.15) is 35.6 Å². The topological polar surface area (TPSA) is 16.4 Å². The van der Waals surface area contributed by atoms with E-state index in [1.807, 2.05) is 0 Å². The van der Waals surface area contributed by atoms with Crippen LogP contribution in [0.2, 0.25) is 0 Å². The Kier molecular flexibility index (Phi) is 4.72. The zero-order valence-corrected chi connectivity index (χ0v) is 24.4. The Morgan fingerprint density at radius 3 is 2.07 bits per heavy atom. The molecule has 0 amide bonds. The molecule has 0 aliphatic heterocycles. The van der Waals surface area contributed by atoms with E-state index < -0.39 is 5.41 Å². The first-order valence-corrected chi connectivity index (χ1v) is 15.6. The molecular weight excluding hydrogens is 534 g/mol. The van der Waals surface area contributed by atoms with Crippen LogP contribution in [0.4, 0.5) is 11.4 Å². The fourth-order valence-corrected chi connectivity index (χ4v) is 8.41. The lowest BCUT2D eigenvalue weighted by atomic mass is 9.70. The minimum atomic E-state index is -0.397. The van der Waals surface area contributed by atoms with Gasteiger partial charge in [-0.05, 0) is 99.0 Å². The van der Waals surface area contributed by atoms with Gasteiger partial charge in [-0.1, -0.05) is 104 Å². The van der Waals surface area contributed by atoms with Crippen LogP contribution in [0, 0.1) is 5.92 Å². The fraction of sp³-hybridized carbons (Fsp3) is 0.0952. The summed E-state index contributed by atoms with van der Waals surface area (Å²) in [5.74, 6) is 0.478. The Morgan fingerprint density at radius 2 is 1.27 bits per heavy atom. The van der Waals surface area contributed by atoms with Crippen molar-refractivity contribution in [3.8, 4) is 11.1 Å². The van der Waals surface area contributed by atoms with E-state index in [0.29, 0.717) is 5.92 Å². The SMILES string of the molecule is CC1C=CC=C(N(c2ccc3c(c2)C2(c4ccccc4-3)c3cccc4oc5cccc2c5c34)c2ccc3ccccc3c2)C1. The summed E-state index contributed by atoms with van der Waals surface area (Å²) < 4.78 is 6.37. The molecule has 2 heteroatoms. The molecule has 44 heavy (non-hydrogen) atoms. The number of benzene rings is 6. The van der Waals surface area contributed by atoms with Gasteiger partial charge in [0.15, 0.2) is 0 Å². The minimum Gasteiger partial charge on any atom is -0.456 e. The Balaban J connectivity index is 1.27. The molecule has 0 saturated carbocycles. The van der Waals surface area contributed by atoms with Crippen LogP contribution in [0.5, 0.6) is 0 Å². The highest BCUT2D eigenvalue weighted by molar-refractivity contribution is 6.15. The quantitative estimate of drug-likeness (QED) is 0.213. The lowest BCUT2D eigenvalue weighted by molar-refractivity contribution is 0.664. The lowest BCUT2D eigenvalue weighted by Crippen LogP contribution is -2.27. The molecule has 6 aromatic carbocycles. The fourth-order valence-electron chi connectivity index (χ4n) is 8.41. The largest absolute Gasteiger partial charge is 0.456 e.